The van der Waals surface area contributed by atoms with Crippen molar-refractivity contribution < 1.29 is 28.5 Å². The van der Waals surface area contributed by atoms with Crippen molar-refractivity contribution in [1.82, 2.24) is 0 Å². The third-order valence-corrected chi connectivity index (χ3v) is 3.76. The quantitative estimate of drug-likeness (QED) is 0.542. The summed E-state index contributed by atoms with van der Waals surface area (Å²) in [5.74, 6) is 0.850. The van der Waals surface area contributed by atoms with Crippen molar-refractivity contribution >= 4 is 11.6 Å². The van der Waals surface area contributed by atoms with E-state index in [0.717, 1.165) is 0 Å². The van der Waals surface area contributed by atoms with Gasteiger partial charge in [-0.1, -0.05) is 0 Å². The molecule has 0 radical (unpaired) electrons. The number of rotatable bonds is 8. The second-order valence-corrected chi connectivity index (χ2v) is 5.17. The molecule has 6 nitrogen and oxygen atoms in total. The van der Waals surface area contributed by atoms with Gasteiger partial charge in [-0.25, -0.2) is 0 Å². The number of ether oxygens (including phenoxy) is 4. The molecular formula is C19H20O6. The molecule has 2 aromatic rings. The van der Waals surface area contributed by atoms with Crippen molar-refractivity contribution in [2.75, 3.05) is 28.4 Å². The van der Waals surface area contributed by atoms with Gasteiger partial charge in [0.15, 0.2) is 0 Å². The minimum Gasteiger partial charge on any atom is -0.497 e. The van der Waals surface area contributed by atoms with E-state index < -0.39 is 11.6 Å². The fraction of sp³-hybridized carbons (Fsp3) is 0.263. The van der Waals surface area contributed by atoms with E-state index in [2.05, 4.69) is 0 Å². The van der Waals surface area contributed by atoms with Crippen molar-refractivity contribution in [2.24, 2.45) is 0 Å². The van der Waals surface area contributed by atoms with Crippen molar-refractivity contribution in [2.45, 2.75) is 6.42 Å². The normalized spacial score (nSPS) is 10.1. The molecule has 0 spiro atoms. The molecule has 0 aliphatic rings. The minimum atomic E-state index is -0.581. The van der Waals surface area contributed by atoms with Gasteiger partial charge in [0.05, 0.1) is 28.4 Å². The highest BCUT2D eigenvalue weighted by Crippen LogP contribution is 2.34. The monoisotopic (exact) mass is 344 g/mol. The molecule has 0 heterocycles. The Morgan fingerprint density at radius 3 is 1.72 bits per heavy atom. The molecule has 0 saturated carbocycles. The Bertz CT molecular complexity index is 739. The van der Waals surface area contributed by atoms with Gasteiger partial charge in [0.25, 0.3) is 0 Å². The van der Waals surface area contributed by atoms with Crippen LogP contribution < -0.4 is 18.9 Å². The van der Waals surface area contributed by atoms with Crippen LogP contribution in [0.5, 0.6) is 23.0 Å². The zero-order valence-electron chi connectivity index (χ0n) is 14.6. The number of benzene rings is 2. The maximum absolute atomic E-state index is 12.4. The Hall–Kier alpha value is -3.02. The molecule has 2 aromatic carbocycles. The van der Waals surface area contributed by atoms with Crippen molar-refractivity contribution in [3.63, 3.8) is 0 Å². The number of carbonyl (C=O) groups excluding carboxylic acids is 2. The van der Waals surface area contributed by atoms with Gasteiger partial charge in [0.2, 0.25) is 11.6 Å². The molecule has 0 fully saturated rings. The second-order valence-electron chi connectivity index (χ2n) is 5.17. The van der Waals surface area contributed by atoms with Crippen LogP contribution in [-0.2, 0) is 11.2 Å². The van der Waals surface area contributed by atoms with Crippen LogP contribution in [0, 0.1) is 0 Å². The SMILES string of the molecule is COc1ccc(C(=O)C(=O)Cc2c(OC)cc(OC)cc2OC)cc1. The van der Waals surface area contributed by atoms with Crippen LogP contribution in [0.3, 0.4) is 0 Å². The highest BCUT2D eigenvalue weighted by Gasteiger charge is 2.22. The molecule has 6 heteroatoms. The minimum absolute atomic E-state index is 0.138. The van der Waals surface area contributed by atoms with E-state index in [0.29, 0.717) is 34.1 Å². The Kier molecular flexibility index (Phi) is 6.00. The molecule has 0 amide bonds. The molecule has 0 atom stereocenters. The fourth-order valence-corrected chi connectivity index (χ4v) is 2.40. The van der Waals surface area contributed by atoms with Gasteiger partial charge in [0.1, 0.15) is 23.0 Å². The van der Waals surface area contributed by atoms with Crippen LogP contribution in [0.25, 0.3) is 0 Å². The van der Waals surface area contributed by atoms with Crippen LogP contribution in [0.2, 0.25) is 0 Å². The molecule has 0 aliphatic carbocycles. The zero-order chi connectivity index (χ0) is 18.4. The smallest absolute Gasteiger partial charge is 0.228 e. The van der Waals surface area contributed by atoms with Crippen LogP contribution in [0.1, 0.15) is 15.9 Å². The maximum atomic E-state index is 12.4. The molecule has 0 saturated heterocycles. The third-order valence-electron chi connectivity index (χ3n) is 3.76. The van der Waals surface area contributed by atoms with E-state index in [1.165, 1.54) is 28.4 Å². The molecule has 0 unspecified atom stereocenters. The van der Waals surface area contributed by atoms with E-state index >= 15 is 0 Å². The second kappa shape index (κ2) is 8.19. The summed E-state index contributed by atoms with van der Waals surface area (Å²) in [6.45, 7) is 0. The first-order chi connectivity index (χ1) is 12.0. The fourth-order valence-electron chi connectivity index (χ4n) is 2.40. The standard InChI is InChI=1S/C19H20O6/c1-22-13-7-5-12(6-8-13)19(21)16(20)11-15-17(24-3)9-14(23-2)10-18(15)25-4/h5-10H,11H2,1-4H3. The topological polar surface area (TPSA) is 71.1 Å². The summed E-state index contributed by atoms with van der Waals surface area (Å²) in [4.78, 5) is 24.8. The van der Waals surface area contributed by atoms with Crippen LogP contribution in [0.4, 0.5) is 0 Å². The number of ketones is 2. The average molecular weight is 344 g/mol. The highest BCUT2D eigenvalue weighted by molar-refractivity contribution is 6.44. The lowest BCUT2D eigenvalue weighted by atomic mass is 10.00. The lowest BCUT2D eigenvalue weighted by Crippen LogP contribution is -2.17. The maximum Gasteiger partial charge on any atom is 0.228 e. The summed E-state index contributed by atoms with van der Waals surface area (Å²) >= 11 is 0. The van der Waals surface area contributed by atoms with Crippen LogP contribution in [-0.4, -0.2) is 40.0 Å². The predicted octanol–water partition coefficient (Wildman–Crippen LogP) is 2.72. The number of hydrogen-bond acceptors (Lipinski definition) is 6. The van der Waals surface area contributed by atoms with Crippen molar-refractivity contribution in [3.05, 3.63) is 47.5 Å². The summed E-state index contributed by atoms with van der Waals surface area (Å²) in [5, 5.41) is 0. The zero-order valence-corrected chi connectivity index (χ0v) is 14.6. The Balaban J connectivity index is 2.28. The van der Waals surface area contributed by atoms with Gasteiger partial charge in [-0.3, -0.25) is 9.59 Å². The molecule has 2 rings (SSSR count). The summed E-state index contributed by atoms with van der Waals surface area (Å²) < 4.78 is 20.8. The van der Waals surface area contributed by atoms with Gasteiger partial charge in [0, 0.05) is 29.7 Å². The van der Waals surface area contributed by atoms with E-state index in [9.17, 15) is 9.59 Å². The molecule has 132 valence electrons. The Morgan fingerprint density at radius 1 is 0.760 bits per heavy atom. The molecule has 0 bridgehead atoms. The molecule has 0 N–H and O–H groups in total. The van der Waals surface area contributed by atoms with Gasteiger partial charge in [-0.05, 0) is 24.3 Å². The number of Topliss-reactive ketones (excluding diaryl/α,β-unsaturated/α-hetero) is 2. The first-order valence-electron chi connectivity index (χ1n) is 7.54. The van der Waals surface area contributed by atoms with E-state index in [-0.39, 0.29) is 6.42 Å². The first kappa shape index (κ1) is 18.3. The summed E-state index contributed by atoms with van der Waals surface area (Å²) in [5.41, 5.74) is 0.801. The van der Waals surface area contributed by atoms with Crippen molar-refractivity contribution in [1.29, 1.82) is 0 Å². The number of methoxy groups -OCH3 is 4. The molecular weight excluding hydrogens is 324 g/mol. The Labute approximate surface area is 146 Å². The number of hydrogen-bond donors (Lipinski definition) is 0. The van der Waals surface area contributed by atoms with Gasteiger partial charge < -0.3 is 18.9 Å². The summed E-state index contributed by atoms with van der Waals surface area (Å²) in [6, 6.07) is 9.67. The van der Waals surface area contributed by atoms with Gasteiger partial charge >= 0.3 is 0 Å². The highest BCUT2D eigenvalue weighted by atomic mass is 16.5. The Morgan fingerprint density at radius 2 is 1.28 bits per heavy atom. The van der Waals surface area contributed by atoms with Gasteiger partial charge in [-0.2, -0.15) is 0 Å². The number of carbonyl (C=O) groups is 2. The third kappa shape index (κ3) is 4.09. The predicted molar refractivity (Wildman–Crippen MR) is 92.1 cm³/mol. The van der Waals surface area contributed by atoms with Crippen molar-refractivity contribution in [3.8, 4) is 23.0 Å². The van der Waals surface area contributed by atoms with E-state index in [4.69, 9.17) is 18.9 Å². The van der Waals surface area contributed by atoms with E-state index in [1.807, 2.05) is 0 Å². The van der Waals surface area contributed by atoms with E-state index in [1.54, 1.807) is 36.4 Å². The molecule has 0 aliphatic heterocycles. The van der Waals surface area contributed by atoms with Gasteiger partial charge in [-0.15, -0.1) is 0 Å². The van der Waals surface area contributed by atoms with Crippen LogP contribution in [0.15, 0.2) is 36.4 Å². The lowest BCUT2D eigenvalue weighted by Gasteiger charge is -2.14. The van der Waals surface area contributed by atoms with Crippen LogP contribution >= 0.6 is 0 Å². The average Bonchev–Trinajstić information content (AvgIpc) is 2.67. The largest absolute Gasteiger partial charge is 0.497 e. The lowest BCUT2D eigenvalue weighted by molar-refractivity contribution is -0.114. The molecule has 0 aromatic heterocycles. The summed E-state index contributed by atoms with van der Waals surface area (Å²) in [6.07, 6.45) is -0.138. The summed E-state index contributed by atoms with van der Waals surface area (Å²) in [7, 11) is 6.01. The first-order valence-corrected chi connectivity index (χ1v) is 7.54. The molecule has 25 heavy (non-hydrogen) atoms.